The summed E-state index contributed by atoms with van der Waals surface area (Å²) < 4.78 is 27.1. The highest BCUT2D eigenvalue weighted by Crippen LogP contribution is 1.95. The number of nitrogens with one attached hydrogen (secondary N) is 1. The molecule has 15 heavy (non-hydrogen) atoms. The summed E-state index contributed by atoms with van der Waals surface area (Å²) in [4.78, 5) is 0. The Kier molecular flexibility index (Phi) is 4.25. The Bertz CT molecular complexity index is 373. The van der Waals surface area contributed by atoms with Crippen LogP contribution in [0.3, 0.4) is 0 Å². The van der Waals surface area contributed by atoms with Gasteiger partial charge in [0.05, 0.1) is 11.8 Å². The number of aromatic nitrogens is 2. The third-order valence-corrected chi connectivity index (χ3v) is 3.92. The maximum Gasteiger partial charge on any atom is 0.215 e. The Morgan fingerprint density at radius 1 is 1.60 bits per heavy atom. The fourth-order valence-electron chi connectivity index (χ4n) is 1.00. The van der Waals surface area contributed by atoms with Crippen molar-refractivity contribution < 1.29 is 8.42 Å². The summed E-state index contributed by atoms with van der Waals surface area (Å²) in [5.74, 6) is 0. The average Bonchev–Trinajstić information content (AvgIpc) is 2.69. The summed E-state index contributed by atoms with van der Waals surface area (Å²) in [7, 11) is -3.28. The van der Waals surface area contributed by atoms with Crippen LogP contribution in [-0.4, -0.2) is 36.5 Å². The van der Waals surface area contributed by atoms with Gasteiger partial charge in [-0.2, -0.15) is 5.10 Å². The van der Waals surface area contributed by atoms with Gasteiger partial charge in [-0.25, -0.2) is 13.1 Å². The highest BCUT2D eigenvalue weighted by Gasteiger charge is 2.17. The quantitative estimate of drug-likeness (QED) is 0.668. The van der Waals surface area contributed by atoms with Crippen LogP contribution >= 0.6 is 0 Å². The molecule has 0 spiro atoms. The maximum absolute atomic E-state index is 11.5. The van der Waals surface area contributed by atoms with Gasteiger partial charge in [-0.15, -0.1) is 0 Å². The van der Waals surface area contributed by atoms with Crippen LogP contribution in [0.1, 0.15) is 6.92 Å². The van der Waals surface area contributed by atoms with Crippen LogP contribution in [0.15, 0.2) is 18.5 Å². The van der Waals surface area contributed by atoms with Crippen molar-refractivity contribution in [3.8, 4) is 0 Å². The SMILES string of the molecule is CC(CN)S(=O)(=O)NCCn1cccn1. The molecule has 0 aliphatic carbocycles. The van der Waals surface area contributed by atoms with E-state index in [0.29, 0.717) is 13.1 Å². The minimum Gasteiger partial charge on any atom is -0.329 e. The maximum atomic E-state index is 11.5. The molecule has 0 saturated heterocycles. The number of rotatable bonds is 6. The van der Waals surface area contributed by atoms with E-state index in [4.69, 9.17) is 5.73 Å². The van der Waals surface area contributed by atoms with Crippen molar-refractivity contribution in [3.05, 3.63) is 18.5 Å². The lowest BCUT2D eigenvalue weighted by Crippen LogP contribution is -2.38. The third kappa shape index (κ3) is 3.61. The van der Waals surface area contributed by atoms with Crippen molar-refractivity contribution in [1.82, 2.24) is 14.5 Å². The first-order valence-corrected chi connectivity index (χ1v) is 6.27. The number of hydrogen-bond acceptors (Lipinski definition) is 4. The Balaban J connectivity index is 2.37. The fraction of sp³-hybridized carbons (Fsp3) is 0.625. The molecule has 0 radical (unpaired) electrons. The van der Waals surface area contributed by atoms with Gasteiger partial charge in [0.2, 0.25) is 10.0 Å². The van der Waals surface area contributed by atoms with Gasteiger partial charge in [-0.05, 0) is 13.0 Å². The van der Waals surface area contributed by atoms with Gasteiger partial charge >= 0.3 is 0 Å². The Morgan fingerprint density at radius 3 is 2.87 bits per heavy atom. The van der Waals surface area contributed by atoms with Crippen molar-refractivity contribution in [3.63, 3.8) is 0 Å². The van der Waals surface area contributed by atoms with Crippen LogP contribution in [0.25, 0.3) is 0 Å². The van der Waals surface area contributed by atoms with Gasteiger partial charge in [-0.1, -0.05) is 0 Å². The molecule has 1 aromatic heterocycles. The molecule has 1 rings (SSSR count). The van der Waals surface area contributed by atoms with Crippen molar-refractivity contribution in [1.29, 1.82) is 0 Å². The van der Waals surface area contributed by atoms with Gasteiger partial charge in [0.1, 0.15) is 0 Å². The molecule has 0 saturated carbocycles. The van der Waals surface area contributed by atoms with Crippen LogP contribution in [-0.2, 0) is 16.6 Å². The molecule has 3 N–H and O–H groups in total. The monoisotopic (exact) mass is 232 g/mol. The lowest BCUT2D eigenvalue weighted by molar-refractivity contribution is 0.551. The van der Waals surface area contributed by atoms with Crippen LogP contribution in [0, 0.1) is 0 Å². The predicted octanol–water partition coefficient (Wildman–Crippen LogP) is -0.850. The zero-order chi connectivity index (χ0) is 11.3. The van der Waals surface area contributed by atoms with Crippen LogP contribution in [0.5, 0.6) is 0 Å². The van der Waals surface area contributed by atoms with E-state index in [1.165, 1.54) is 0 Å². The lowest BCUT2D eigenvalue weighted by Gasteiger charge is -2.11. The highest BCUT2D eigenvalue weighted by atomic mass is 32.2. The van der Waals surface area contributed by atoms with Crippen molar-refractivity contribution in [2.45, 2.75) is 18.7 Å². The minimum atomic E-state index is -3.28. The zero-order valence-electron chi connectivity index (χ0n) is 8.63. The molecule has 1 heterocycles. The number of nitrogens with two attached hydrogens (primary N) is 1. The van der Waals surface area contributed by atoms with E-state index in [1.54, 1.807) is 30.1 Å². The standard InChI is InChI=1S/C8H16N4O2S/c1-8(7-9)15(13,14)11-4-6-12-5-2-3-10-12/h2-3,5,8,11H,4,6-7,9H2,1H3. The third-order valence-electron chi connectivity index (χ3n) is 2.06. The molecule has 1 atom stereocenters. The molecule has 0 bridgehead atoms. The van der Waals surface area contributed by atoms with Crippen LogP contribution < -0.4 is 10.5 Å². The summed E-state index contributed by atoms with van der Waals surface area (Å²) >= 11 is 0. The van der Waals surface area contributed by atoms with E-state index < -0.39 is 15.3 Å². The Labute approximate surface area is 89.5 Å². The van der Waals surface area contributed by atoms with Crippen molar-refractivity contribution in [2.75, 3.05) is 13.1 Å². The van der Waals surface area contributed by atoms with E-state index in [-0.39, 0.29) is 6.54 Å². The number of sulfonamides is 1. The molecular weight excluding hydrogens is 216 g/mol. The summed E-state index contributed by atoms with van der Waals surface area (Å²) in [5.41, 5.74) is 5.29. The summed E-state index contributed by atoms with van der Waals surface area (Å²) in [6.45, 7) is 2.55. The molecule has 0 aromatic carbocycles. The second kappa shape index (κ2) is 5.24. The lowest BCUT2D eigenvalue weighted by atomic mass is 10.5. The molecule has 1 aromatic rings. The highest BCUT2D eigenvalue weighted by molar-refractivity contribution is 7.90. The molecule has 1 unspecified atom stereocenters. The molecule has 0 aliphatic rings. The fourth-order valence-corrected chi connectivity index (χ4v) is 1.92. The smallest absolute Gasteiger partial charge is 0.215 e. The summed E-state index contributed by atoms with van der Waals surface area (Å²) in [5, 5.41) is 3.40. The normalized spacial score (nSPS) is 14.0. The number of nitrogens with zero attached hydrogens (tertiary/aromatic N) is 2. The molecule has 86 valence electrons. The number of hydrogen-bond donors (Lipinski definition) is 2. The van der Waals surface area contributed by atoms with E-state index in [1.807, 2.05) is 0 Å². The second-order valence-corrected chi connectivity index (χ2v) is 5.44. The predicted molar refractivity (Wildman–Crippen MR) is 57.7 cm³/mol. The molecule has 0 aliphatic heterocycles. The molecule has 0 fully saturated rings. The van der Waals surface area contributed by atoms with Gasteiger partial charge in [0.15, 0.2) is 0 Å². The van der Waals surface area contributed by atoms with Crippen LogP contribution in [0.4, 0.5) is 0 Å². The van der Waals surface area contributed by atoms with Crippen LogP contribution in [0.2, 0.25) is 0 Å². The zero-order valence-corrected chi connectivity index (χ0v) is 9.44. The van der Waals surface area contributed by atoms with E-state index in [2.05, 4.69) is 9.82 Å². The first-order chi connectivity index (χ1) is 7.06. The summed E-state index contributed by atoms with van der Waals surface area (Å²) in [6.07, 6.45) is 3.43. The largest absolute Gasteiger partial charge is 0.329 e. The van der Waals surface area contributed by atoms with Gasteiger partial charge < -0.3 is 5.73 Å². The Hall–Kier alpha value is -0.920. The Morgan fingerprint density at radius 2 is 2.33 bits per heavy atom. The van der Waals surface area contributed by atoms with E-state index in [9.17, 15) is 8.42 Å². The topological polar surface area (TPSA) is 90.0 Å². The van der Waals surface area contributed by atoms with Crippen molar-refractivity contribution >= 4 is 10.0 Å². The summed E-state index contributed by atoms with van der Waals surface area (Å²) in [6, 6.07) is 1.79. The molecule has 0 amide bonds. The second-order valence-electron chi connectivity index (χ2n) is 3.25. The van der Waals surface area contributed by atoms with Gasteiger partial charge in [0.25, 0.3) is 0 Å². The minimum absolute atomic E-state index is 0.122. The molecule has 6 nitrogen and oxygen atoms in total. The van der Waals surface area contributed by atoms with E-state index >= 15 is 0 Å². The van der Waals surface area contributed by atoms with Gasteiger partial charge in [0, 0.05) is 25.5 Å². The first-order valence-electron chi connectivity index (χ1n) is 4.72. The molecular formula is C8H16N4O2S. The van der Waals surface area contributed by atoms with Crippen molar-refractivity contribution in [2.24, 2.45) is 5.73 Å². The molecule has 7 heteroatoms. The average molecular weight is 232 g/mol. The first kappa shape index (κ1) is 12.2. The van der Waals surface area contributed by atoms with Gasteiger partial charge in [-0.3, -0.25) is 4.68 Å². The van der Waals surface area contributed by atoms with E-state index in [0.717, 1.165) is 0 Å².